The van der Waals surface area contributed by atoms with Crippen molar-refractivity contribution in [2.75, 3.05) is 24.7 Å². The number of hydrogen-bond donors (Lipinski definition) is 1. The summed E-state index contributed by atoms with van der Waals surface area (Å²) in [5.41, 5.74) is 0.374. The number of rotatable bonds is 3. The first-order chi connectivity index (χ1) is 8.61. The third-order valence-electron chi connectivity index (χ3n) is 2.48. The molecule has 1 aliphatic heterocycles. The summed E-state index contributed by atoms with van der Waals surface area (Å²) in [6.45, 7) is 1.63. The molecule has 1 aromatic rings. The van der Waals surface area contributed by atoms with Crippen molar-refractivity contribution in [2.24, 2.45) is 0 Å². The first kappa shape index (κ1) is 12.2. The van der Waals surface area contributed by atoms with E-state index in [2.05, 4.69) is 0 Å². The molecule has 0 aliphatic carbocycles. The lowest BCUT2D eigenvalue weighted by Gasteiger charge is -2.28. The van der Waals surface area contributed by atoms with Gasteiger partial charge in [-0.25, -0.2) is 0 Å². The van der Waals surface area contributed by atoms with Crippen LogP contribution in [0.2, 0.25) is 0 Å². The maximum Gasteiger partial charge on any atom is 0.326 e. The number of carbonyl (C=O) groups is 2. The Morgan fingerprint density at radius 3 is 3.06 bits per heavy atom. The molecule has 2 rings (SSSR count). The number of anilines is 1. The van der Waals surface area contributed by atoms with Gasteiger partial charge in [0.2, 0.25) is 0 Å². The lowest BCUT2D eigenvalue weighted by Crippen LogP contribution is -2.42. The second-order valence-electron chi connectivity index (χ2n) is 3.73. The predicted octanol–water partition coefficient (Wildman–Crippen LogP) is 0.681. The van der Waals surface area contributed by atoms with E-state index in [-0.39, 0.29) is 31.4 Å². The zero-order chi connectivity index (χ0) is 13.1. The SMILES string of the molecule is CCOC(=O)CN1C(=O)COc2ccc(O)cc21. The highest BCUT2D eigenvalue weighted by Crippen LogP contribution is 2.34. The number of phenolic OH excluding ortho intramolecular Hbond substituents is 1. The number of carbonyl (C=O) groups excluding carboxylic acids is 2. The predicted molar refractivity (Wildman–Crippen MR) is 62.6 cm³/mol. The molecule has 0 atom stereocenters. The molecule has 1 aliphatic rings. The van der Waals surface area contributed by atoms with E-state index in [0.29, 0.717) is 11.4 Å². The van der Waals surface area contributed by atoms with E-state index in [9.17, 15) is 14.7 Å². The van der Waals surface area contributed by atoms with Crippen molar-refractivity contribution in [3.8, 4) is 11.5 Å². The molecular formula is C12H13NO5. The minimum Gasteiger partial charge on any atom is -0.508 e. The van der Waals surface area contributed by atoms with Gasteiger partial charge in [-0.3, -0.25) is 14.5 Å². The highest BCUT2D eigenvalue weighted by atomic mass is 16.5. The van der Waals surface area contributed by atoms with Crippen LogP contribution in [0.15, 0.2) is 18.2 Å². The van der Waals surface area contributed by atoms with Gasteiger partial charge in [-0.2, -0.15) is 0 Å². The molecule has 0 saturated carbocycles. The Bertz CT molecular complexity index is 485. The van der Waals surface area contributed by atoms with E-state index in [4.69, 9.17) is 9.47 Å². The molecule has 0 unspecified atom stereocenters. The average Bonchev–Trinajstić information content (AvgIpc) is 2.33. The summed E-state index contributed by atoms with van der Waals surface area (Å²) in [7, 11) is 0. The van der Waals surface area contributed by atoms with Crippen molar-refractivity contribution >= 4 is 17.6 Å². The van der Waals surface area contributed by atoms with Crippen molar-refractivity contribution in [1.82, 2.24) is 0 Å². The van der Waals surface area contributed by atoms with Crippen LogP contribution in [0.5, 0.6) is 11.5 Å². The Kier molecular flexibility index (Phi) is 3.36. The van der Waals surface area contributed by atoms with Crippen molar-refractivity contribution in [2.45, 2.75) is 6.92 Å². The number of hydrogen-bond acceptors (Lipinski definition) is 5. The van der Waals surface area contributed by atoms with E-state index < -0.39 is 5.97 Å². The highest BCUT2D eigenvalue weighted by molar-refractivity contribution is 6.01. The number of fused-ring (bicyclic) bond motifs is 1. The molecule has 0 saturated heterocycles. The fraction of sp³-hybridized carbons (Fsp3) is 0.333. The first-order valence-electron chi connectivity index (χ1n) is 5.53. The van der Waals surface area contributed by atoms with Crippen LogP contribution in [0.25, 0.3) is 0 Å². The lowest BCUT2D eigenvalue weighted by molar-refractivity contribution is -0.142. The largest absolute Gasteiger partial charge is 0.508 e. The molecule has 0 bridgehead atoms. The van der Waals surface area contributed by atoms with Crippen molar-refractivity contribution in [3.05, 3.63) is 18.2 Å². The third-order valence-corrected chi connectivity index (χ3v) is 2.48. The minimum absolute atomic E-state index is 0.000842. The van der Waals surface area contributed by atoms with E-state index in [1.54, 1.807) is 13.0 Å². The van der Waals surface area contributed by atoms with Crippen LogP contribution < -0.4 is 9.64 Å². The molecule has 1 heterocycles. The van der Waals surface area contributed by atoms with E-state index in [1.807, 2.05) is 0 Å². The number of esters is 1. The molecular weight excluding hydrogens is 238 g/mol. The first-order valence-corrected chi connectivity index (χ1v) is 5.53. The quantitative estimate of drug-likeness (QED) is 0.799. The number of nitrogens with zero attached hydrogens (tertiary/aromatic N) is 1. The molecule has 96 valence electrons. The van der Waals surface area contributed by atoms with Gasteiger partial charge in [0.05, 0.1) is 12.3 Å². The third kappa shape index (κ3) is 2.37. The van der Waals surface area contributed by atoms with Crippen LogP contribution in [-0.2, 0) is 14.3 Å². The maximum absolute atomic E-state index is 11.7. The number of amides is 1. The molecule has 6 heteroatoms. The normalized spacial score (nSPS) is 13.8. The van der Waals surface area contributed by atoms with Gasteiger partial charge in [-0.1, -0.05) is 0 Å². The molecule has 0 fully saturated rings. The molecule has 1 amide bonds. The number of phenols is 1. The van der Waals surface area contributed by atoms with Crippen molar-refractivity contribution in [1.29, 1.82) is 0 Å². The van der Waals surface area contributed by atoms with Gasteiger partial charge < -0.3 is 14.6 Å². The van der Waals surface area contributed by atoms with Crippen LogP contribution in [-0.4, -0.2) is 36.7 Å². The smallest absolute Gasteiger partial charge is 0.326 e. The van der Waals surface area contributed by atoms with E-state index in [0.717, 1.165) is 0 Å². The monoisotopic (exact) mass is 251 g/mol. The average molecular weight is 251 g/mol. The summed E-state index contributed by atoms with van der Waals surface area (Å²) in [6.07, 6.45) is 0. The summed E-state index contributed by atoms with van der Waals surface area (Å²) in [4.78, 5) is 24.4. The molecule has 18 heavy (non-hydrogen) atoms. The summed E-state index contributed by atoms with van der Waals surface area (Å²) in [5, 5.41) is 9.42. The zero-order valence-corrected chi connectivity index (χ0v) is 9.88. The van der Waals surface area contributed by atoms with Crippen molar-refractivity contribution in [3.63, 3.8) is 0 Å². The fourth-order valence-electron chi connectivity index (χ4n) is 1.70. The van der Waals surface area contributed by atoms with E-state index in [1.165, 1.54) is 17.0 Å². The van der Waals surface area contributed by atoms with Crippen LogP contribution in [0.4, 0.5) is 5.69 Å². The minimum atomic E-state index is -0.498. The lowest BCUT2D eigenvalue weighted by atomic mass is 10.2. The van der Waals surface area contributed by atoms with Gasteiger partial charge in [-0.15, -0.1) is 0 Å². The van der Waals surface area contributed by atoms with Crippen LogP contribution in [0, 0.1) is 0 Å². The van der Waals surface area contributed by atoms with Gasteiger partial charge in [0.1, 0.15) is 18.0 Å². The summed E-state index contributed by atoms with van der Waals surface area (Å²) in [6, 6.07) is 4.39. The summed E-state index contributed by atoms with van der Waals surface area (Å²) in [5.74, 6) is -0.388. The fourth-order valence-corrected chi connectivity index (χ4v) is 1.70. The van der Waals surface area contributed by atoms with Gasteiger partial charge in [-0.05, 0) is 19.1 Å². The topological polar surface area (TPSA) is 76.1 Å². The maximum atomic E-state index is 11.7. The van der Waals surface area contributed by atoms with Gasteiger partial charge >= 0.3 is 5.97 Å². The second kappa shape index (κ2) is 4.95. The van der Waals surface area contributed by atoms with Crippen molar-refractivity contribution < 1.29 is 24.2 Å². The van der Waals surface area contributed by atoms with Crippen LogP contribution >= 0.6 is 0 Å². The number of ether oxygens (including phenoxy) is 2. The molecule has 6 nitrogen and oxygen atoms in total. The van der Waals surface area contributed by atoms with Crippen LogP contribution in [0.3, 0.4) is 0 Å². The molecule has 1 N–H and O–H groups in total. The second-order valence-corrected chi connectivity index (χ2v) is 3.73. The highest BCUT2D eigenvalue weighted by Gasteiger charge is 2.28. The molecule has 0 radical (unpaired) electrons. The molecule has 0 spiro atoms. The zero-order valence-electron chi connectivity index (χ0n) is 9.88. The summed E-state index contributed by atoms with van der Waals surface area (Å²) >= 11 is 0. The Hall–Kier alpha value is -2.24. The van der Waals surface area contributed by atoms with Gasteiger partial charge in [0.25, 0.3) is 5.91 Å². The number of benzene rings is 1. The van der Waals surface area contributed by atoms with Crippen LogP contribution in [0.1, 0.15) is 6.92 Å². The van der Waals surface area contributed by atoms with E-state index >= 15 is 0 Å². The van der Waals surface area contributed by atoms with Gasteiger partial charge in [0.15, 0.2) is 6.61 Å². The Morgan fingerprint density at radius 1 is 1.56 bits per heavy atom. The summed E-state index contributed by atoms with van der Waals surface area (Å²) < 4.78 is 10.0. The molecule has 0 aromatic heterocycles. The molecule has 1 aromatic carbocycles. The van der Waals surface area contributed by atoms with Gasteiger partial charge in [0, 0.05) is 6.07 Å². The Morgan fingerprint density at radius 2 is 2.33 bits per heavy atom. The number of aromatic hydroxyl groups is 1. The Labute approximate surface area is 104 Å². The Balaban J connectivity index is 2.27. The standard InChI is InChI=1S/C12H13NO5/c1-2-17-12(16)6-13-9-5-8(14)3-4-10(9)18-7-11(13)15/h3-5,14H,2,6-7H2,1H3.